The van der Waals surface area contributed by atoms with Gasteiger partial charge in [-0.3, -0.25) is 0 Å². The Labute approximate surface area is 126 Å². The third-order valence-corrected chi connectivity index (χ3v) is 3.79. The van der Waals surface area contributed by atoms with Crippen LogP contribution in [0.2, 0.25) is 0 Å². The molecule has 0 amide bonds. The lowest BCUT2D eigenvalue weighted by atomic mass is 10.1. The van der Waals surface area contributed by atoms with Gasteiger partial charge in [-0.25, -0.2) is 4.39 Å². The first-order chi connectivity index (χ1) is 9.60. The van der Waals surface area contributed by atoms with Gasteiger partial charge in [0, 0.05) is 17.1 Å². The minimum atomic E-state index is -0.380. The summed E-state index contributed by atoms with van der Waals surface area (Å²) in [7, 11) is 0. The van der Waals surface area contributed by atoms with Gasteiger partial charge in [-0.2, -0.15) is 5.26 Å². The summed E-state index contributed by atoms with van der Waals surface area (Å²) in [6.07, 6.45) is 0. The topological polar surface area (TPSA) is 35.8 Å². The Balaban J connectivity index is 2.08. The lowest BCUT2D eigenvalue weighted by Gasteiger charge is -2.16. The van der Waals surface area contributed by atoms with E-state index in [2.05, 4.69) is 21.2 Å². The van der Waals surface area contributed by atoms with Gasteiger partial charge in [-0.1, -0.05) is 34.1 Å². The summed E-state index contributed by atoms with van der Waals surface area (Å²) >= 11 is 3.51. The first kappa shape index (κ1) is 14.7. The minimum absolute atomic E-state index is 0.124. The summed E-state index contributed by atoms with van der Waals surface area (Å²) < 4.78 is 14.4. The zero-order chi connectivity index (χ0) is 14.5. The molecule has 4 heteroatoms. The molecule has 0 aliphatic rings. The average Bonchev–Trinajstić information content (AvgIpc) is 2.44. The second-order valence-electron chi connectivity index (χ2n) is 4.58. The van der Waals surface area contributed by atoms with E-state index in [1.54, 1.807) is 6.07 Å². The number of nitriles is 1. The molecule has 0 unspecified atom stereocenters. The highest BCUT2D eigenvalue weighted by atomic mass is 79.9. The van der Waals surface area contributed by atoms with E-state index < -0.39 is 0 Å². The van der Waals surface area contributed by atoms with E-state index in [0.717, 1.165) is 15.6 Å². The summed E-state index contributed by atoms with van der Waals surface area (Å²) in [6.45, 7) is 2.56. The Morgan fingerprint density at radius 2 is 2.05 bits per heavy atom. The molecule has 0 aliphatic heterocycles. The molecule has 0 bridgehead atoms. The summed E-state index contributed by atoms with van der Waals surface area (Å²) in [6, 6.07) is 14.4. The fourth-order valence-corrected chi connectivity index (χ4v) is 2.65. The van der Waals surface area contributed by atoms with Crippen molar-refractivity contribution in [3.63, 3.8) is 0 Å². The number of hydrogen-bond acceptors (Lipinski definition) is 2. The number of benzene rings is 2. The number of rotatable bonds is 4. The number of halogens is 2. The van der Waals surface area contributed by atoms with Crippen LogP contribution in [0, 0.1) is 17.1 Å². The summed E-state index contributed by atoms with van der Waals surface area (Å²) in [5, 5.41) is 12.2. The van der Waals surface area contributed by atoms with Gasteiger partial charge in [0.15, 0.2) is 0 Å². The molecule has 2 nitrogen and oxygen atoms in total. The van der Waals surface area contributed by atoms with Crippen molar-refractivity contribution < 1.29 is 4.39 Å². The molecule has 2 rings (SSSR count). The normalized spacial score (nSPS) is 11.9. The van der Waals surface area contributed by atoms with Crippen LogP contribution in [0.25, 0.3) is 0 Å². The van der Waals surface area contributed by atoms with Crippen LogP contribution in [-0.2, 0) is 6.54 Å². The second-order valence-corrected chi connectivity index (χ2v) is 5.44. The van der Waals surface area contributed by atoms with E-state index in [9.17, 15) is 4.39 Å². The quantitative estimate of drug-likeness (QED) is 0.905. The molecule has 2 aromatic rings. The Morgan fingerprint density at radius 3 is 2.75 bits per heavy atom. The second kappa shape index (κ2) is 6.65. The van der Waals surface area contributed by atoms with E-state index in [-0.39, 0.29) is 11.9 Å². The van der Waals surface area contributed by atoms with Crippen molar-refractivity contribution in [2.24, 2.45) is 0 Å². The van der Waals surface area contributed by atoms with Gasteiger partial charge in [0.2, 0.25) is 0 Å². The van der Waals surface area contributed by atoms with Crippen LogP contribution in [0.1, 0.15) is 29.7 Å². The average molecular weight is 333 g/mol. The predicted molar refractivity (Wildman–Crippen MR) is 80.5 cm³/mol. The van der Waals surface area contributed by atoms with Crippen molar-refractivity contribution >= 4 is 15.9 Å². The van der Waals surface area contributed by atoms with Gasteiger partial charge in [-0.15, -0.1) is 0 Å². The van der Waals surface area contributed by atoms with Crippen LogP contribution in [0.15, 0.2) is 46.9 Å². The predicted octanol–water partition coefficient (Wildman–Crippen LogP) is 4.31. The molecule has 0 heterocycles. The molecule has 0 fully saturated rings. The Bertz CT molecular complexity index is 649. The Hall–Kier alpha value is -1.70. The molecule has 0 radical (unpaired) electrons. The molecule has 0 aromatic heterocycles. The summed E-state index contributed by atoms with van der Waals surface area (Å²) in [5.74, 6) is -0.380. The van der Waals surface area contributed by atoms with Crippen LogP contribution < -0.4 is 5.32 Å². The molecule has 20 heavy (non-hydrogen) atoms. The first-order valence-electron chi connectivity index (χ1n) is 6.27. The van der Waals surface area contributed by atoms with Crippen molar-refractivity contribution in [3.05, 3.63) is 69.4 Å². The molecular formula is C16H14BrFN2. The van der Waals surface area contributed by atoms with Crippen molar-refractivity contribution in [2.75, 3.05) is 0 Å². The van der Waals surface area contributed by atoms with Gasteiger partial charge in [-0.05, 0) is 42.3 Å². The maximum Gasteiger partial charge on any atom is 0.124 e. The van der Waals surface area contributed by atoms with Crippen molar-refractivity contribution in [2.45, 2.75) is 19.5 Å². The molecule has 1 atom stereocenters. The standard InChI is InChI=1S/C16H14BrFN2/c1-11(15-4-2-3-5-16(15)17)20-10-13-6-12(9-19)7-14(18)8-13/h2-8,11,20H,10H2,1H3/t11-/m0/s1. The van der Waals surface area contributed by atoms with Crippen LogP contribution in [0.5, 0.6) is 0 Å². The Morgan fingerprint density at radius 1 is 1.30 bits per heavy atom. The highest BCUT2D eigenvalue weighted by molar-refractivity contribution is 9.10. The molecule has 1 N–H and O–H groups in total. The van der Waals surface area contributed by atoms with E-state index in [1.165, 1.54) is 12.1 Å². The summed E-state index contributed by atoms with van der Waals surface area (Å²) in [5.41, 5.74) is 2.25. The van der Waals surface area contributed by atoms with E-state index in [0.29, 0.717) is 12.1 Å². The minimum Gasteiger partial charge on any atom is -0.306 e. The Kier molecular flexibility index (Phi) is 4.89. The van der Waals surface area contributed by atoms with Crippen molar-refractivity contribution in [3.8, 4) is 6.07 Å². The van der Waals surface area contributed by atoms with Gasteiger partial charge in [0.05, 0.1) is 11.6 Å². The van der Waals surface area contributed by atoms with E-state index in [1.807, 2.05) is 37.3 Å². The van der Waals surface area contributed by atoms with Crippen molar-refractivity contribution in [1.82, 2.24) is 5.32 Å². The molecule has 0 aliphatic carbocycles. The van der Waals surface area contributed by atoms with Gasteiger partial charge >= 0.3 is 0 Å². The van der Waals surface area contributed by atoms with Gasteiger partial charge < -0.3 is 5.32 Å². The zero-order valence-corrected chi connectivity index (χ0v) is 12.6. The molecular weight excluding hydrogens is 319 g/mol. The lowest BCUT2D eigenvalue weighted by molar-refractivity contribution is 0.567. The van der Waals surface area contributed by atoms with Crippen molar-refractivity contribution in [1.29, 1.82) is 5.26 Å². The molecule has 102 valence electrons. The van der Waals surface area contributed by atoms with Crippen LogP contribution in [-0.4, -0.2) is 0 Å². The molecule has 0 spiro atoms. The monoisotopic (exact) mass is 332 g/mol. The highest BCUT2D eigenvalue weighted by Crippen LogP contribution is 2.23. The fraction of sp³-hybridized carbons (Fsp3) is 0.188. The zero-order valence-electron chi connectivity index (χ0n) is 11.0. The first-order valence-corrected chi connectivity index (χ1v) is 7.07. The highest BCUT2D eigenvalue weighted by Gasteiger charge is 2.08. The SMILES string of the molecule is C[C@H](NCc1cc(F)cc(C#N)c1)c1ccccc1Br. The number of nitrogens with zero attached hydrogens (tertiary/aromatic N) is 1. The molecule has 0 saturated heterocycles. The molecule has 0 saturated carbocycles. The number of nitrogens with one attached hydrogen (secondary N) is 1. The van der Waals surface area contributed by atoms with Crippen LogP contribution >= 0.6 is 15.9 Å². The molecule has 2 aromatic carbocycles. The smallest absolute Gasteiger partial charge is 0.124 e. The third-order valence-electron chi connectivity index (χ3n) is 3.07. The number of hydrogen-bond donors (Lipinski definition) is 1. The van der Waals surface area contributed by atoms with Crippen LogP contribution in [0.4, 0.5) is 4.39 Å². The maximum absolute atomic E-state index is 13.3. The van der Waals surface area contributed by atoms with Crippen LogP contribution in [0.3, 0.4) is 0 Å². The fourth-order valence-electron chi connectivity index (χ4n) is 2.02. The largest absolute Gasteiger partial charge is 0.306 e. The van der Waals surface area contributed by atoms with E-state index >= 15 is 0 Å². The van der Waals surface area contributed by atoms with E-state index in [4.69, 9.17) is 5.26 Å². The van der Waals surface area contributed by atoms with Gasteiger partial charge in [0.1, 0.15) is 5.82 Å². The third kappa shape index (κ3) is 3.66. The van der Waals surface area contributed by atoms with Gasteiger partial charge in [0.25, 0.3) is 0 Å². The summed E-state index contributed by atoms with van der Waals surface area (Å²) in [4.78, 5) is 0. The lowest BCUT2D eigenvalue weighted by Crippen LogP contribution is -2.18. The maximum atomic E-state index is 13.3.